The minimum atomic E-state index is 0. The van der Waals surface area contributed by atoms with Crippen LogP contribution in [0.4, 0.5) is 0 Å². The summed E-state index contributed by atoms with van der Waals surface area (Å²) in [5.74, 6) is 0.329. The second-order valence-corrected chi connectivity index (χ2v) is 1.84. The van der Waals surface area contributed by atoms with Gasteiger partial charge in [0.15, 0.2) is 0 Å². The van der Waals surface area contributed by atoms with E-state index in [1.165, 1.54) is 5.56 Å². The minimum absolute atomic E-state index is 0. The van der Waals surface area contributed by atoms with Crippen molar-refractivity contribution in [2.75, 3.05) is 0 Å². The molecule has 1 heteroatoms. The number of rotatable bonds is 0. The largest absolute Gasteiger partial charge is 0.508 e. The molecule has 11 heavy (non-hydrogen) atoms. The van der Waals surface area contributed by atoms with Crippen molar-refractivity contribution in [2.24, 2.45) is 0 Å². The fourth-order valence-corrected chi connectivity index (χ4v) is 0.545. The van der Waals surface area contributed by atoms with E-state index < -0.39 is 0 Å². The highest BCUT2D eigenvalue weighted by molar-refractivity contribution is 5.24. The average molecular weight is 154 g/mol. The Balaban J connectivity index is 0. The Bertz CT molecular complexity index is 144. The fraction of sp³-hybridized carbons (Fsp3) is 0.400. The monoisotopic (exact) mass is 154 g/mol. The van der Waals surface area contributed by atoms with Gasteiger partial charge in [0.25, 0.3) is 0 Å². The van der Waals surface area contributed by atoms with Crippen LogP contribution < -0.4 is 0 Å². The minimum Gasteiger partial charge on any atom is -0.508 e. The SMILES string of the molecule is C.CC.Cc1ccc(O)cc1. The molecule has 0 saturated carbocycles. The molecule has 0 aliphatic carbocycles. The first-order valence-electron chi connectivity index (χ1n) is 3.54. The summed E-state index contributed by atoms with van der Waals surface area (Å²) in [5, 5.41) is 8.76. The standard InChI is InChI=1S/C7H8O.C2H6.CH4/c1-6-2-4-7(8)5-3-6;1-2;/h2-5,8H,1H3;1-2H3;1H4. The molecule has 64 valence electrons. The van der Waals surface area contributed by atoms with Crippen LogP contribution in [-0.4, -0.2) is 5.11 Å². The van der Waals surface area contributed by atoms with Crippen molar-refractivity contribution in [1.29, 1.82) is 0 Å². The molecule has 0 atom stereocenters. The molecule has 1 rings (SSSR count). The smallest absolute Gasteiger partial charge is 0.115 e. The van der Waals surface area contributed by atoms with E-state index in [2.05, 4.69) is 0 Å². The summed E-state index contributed by atoms with van der Waals surface area (Å²) in [6.07, 6.45) is 0. The fourth-order valence-electron chi connectivity index (χ4n) is 0.545. The number of phenols is 1. The number of hydrogen-bond acceptors (Lipinski definition) is 1. The first kappa shape index (κ1) is 12.7. The highest BCUT2D eigenvalue weighted by Crippen LogP contribution is 2.07. The Kier molecular flexibility index (Phi) is 8.22. The molecule has 0 heterocycles. The second-order valence-electron chi connectivity index (χ2n) is 1.84. The number of aryl methyl sites for hydroxylation is 1. The van der Waals surface area contributed by atoms with Crippen LogP contribution in [0.2, 0.25) is 0 Å². The molecular formula is C10H18O. The molecule has 0 aromatic heterocycles. The maximum absolute atomic E-state index is 8.76. The molecule has 0 saturated heterocycles. The van der Waals surface area contributed by atoms with Crippen LogP contribution in [0.3, 0.4) is 0 Å². The maximum atomic E-state index is 8.76. The van der Waals surface area contributed by atoms with Gasteiger partial charge in [0.1, 0.15) is 5.75 Å². The zero-order chi connectivity index (χ0) is 7.98. The lowest BCUT2D eigenvalue weighted by molar-refractivity contribution is 0.475. The summed E-state index contributed by atoms with van der Waals surface area (Å²) in [6.45, 7) is 5.99. The lowest BCUT2D eigenvalue weighted by Crippen LogP contribution is -1.66. The predicted octanol–water partition coefficient (Wildman–Crippen LogP) is 3.36. The summed E-state index contributed by atoms with van der Waals surface area (Å²) in [5.41, 5.74) is 1.17. The number of benzene rings is 1. The van der Waals surface area contributed by atoms with Gasteiger partial charge in [0.05, 0.1) is 0 Å². The Morgan fingerprint density at radius 3 is 1.64 bits per heavy atom. The topological polar surface area (TPSA) is 20.2 Å². The van der Waals surface area contributed by atoms with Crippen molar-refractivity contribution in [2.45, 2.75) is 28.2 Å². The average Bonchev–Trinajstić information content (AvgIpc) is 2.00. The molecule has 0 fully saturated rings. The Morgan fingerprint density at radius 2 is 1.36 bits per heavy atom. The molecule has 0 bridgehead atoms. The van der Waals surface area contributed by atoms with E-state index in [-0.39, 0.29) is 7.43 Å². The van der Waals surface area contributed by atoms with E-state index in [9.17, 15) is 0 Å². The third-order valence-electron chi connectivity index (χ3n) is 1.03. The van der Waals surface area contributed by atoms with Gasteiger partial charge < -0.3 is 5.11 Å². The molecule has 0 spiro atoms. The lowest BCUT2D eigenvalue weighted by Gasteiger charge is -1.89. The number of phenolic OH excluding ortho intramolecular Hbond substituents is 1. The molecule has 1 aromatic carbocycles. The highest BCUT2D eigenvalue weighted by atomic mass is 16.3. The Labute approximate surface area is 69.7 Å². The van der Waals surface area contributed by atoms with Gasteiger partial charge in [-0.2, -0.15) is 0 Å². The van der Waals surface area contributed by atoms with Crippen LogP contribution in [0.25, 0.3) is 0 Å². The van der Waals surface area contributed by atoms with E-state index in [1.54, 1.807) is 12.1 Å². The lowest BCUT2D eigenvalue weighted by atomic mass is 10.2. The number of aromatic hydroxyl groups is 1. The van der Waals surface area contributed by atoms with Gasteiger partial charge in [-0.3, -0.25) is 0 Å². The van der Waals surface area contributed by atoms with Gasteiger partial charge in [-0.05, 0) is 19.1 Å². The van der Waals surface area contributed by atoms with Crippen molar-refractivity contribution in [3.8, 4) is 5.75 Å². The van der Waals surface area contributed by atoms with Crippen molar-refractivity contribution >= 4 is 0 Å². The molecule has 0 aliphatic rings. The zero-order valence-corrected chi connectivity index (χ0v) is 6.76. The Hall–Kier alpha value is -0.980. The summed E-state index contributed by atoms with van der Waals surface area (Å²) in [4.78, 5) is 0. The summed E-state index contributed by atoms with van der Waals surface area (Å²) in [7, 11) is 0. The van der Waals surface area contributed by atoms with Gasteiger partial charge in [-0.1, -0.05) is 39.0 Å². The second kappa shape index (κ2) is 7.13. The van der Waals surface area contributed by atoms with Crippen molar-refractivity contribution < 1.29 is 5.11 Å². The van der Waals surface area contributed by atoms with Crippen LogP contribution in [0, 0.1) is 6.92 Å². The third-order valence-corrected chi connectivity index (χ3v) is 1.03. The molecule has 0 aliphatic heterocycles. The first-order valence-corrected chi connectivity index (χ1v) is 3.54. The van der Waals surface area contributed by atoms with Gasteiger partial charge in [-0.25, -0.2) is 0 Å². The Morgan fingerprint density at radius 1 is 1.00 bits per heavy atom. The van der Waals surface area contributed by atoms with Crippen LogP contribution in [0.1, 0.15) is 26.8 Å². The normalized spacial score (nSPS) is 7.18. The van der Waals surface area contributed by atoms with Crippen LogP contribution in [0.15, 0.2) is 24.3 Å². The molecule has 1 N–H and O–H groups in total. The van der Waals surface area contributed by atoms with Gasteiger partial charge in [0.2, 0.25) is 0 Å². The summed E-state index contributed by atoms with van der Waals surface area (Å²) >= 11 is 0. The molecule has 1 aromatic rings. The van der Waals surface area contributed by atoms with Gasteiger partial charge >= 0.3 is 0 Å². The van der Waals surface area contributed by atoms with Crippen LogP contribution >= 0.6 is 0 Å². The van der Waals surface area contributed by atoms with Crippen molar-refractivity contribution in [3.05, 3.63) is 29.8 Å². The predicted molar refractivity (Wildman–Crippen MR) is 50.9 cm³/mol. The van der Waals surface area contributed by atoms with Crippen molar-refractivity contribution in [1.82, 2.24) is 0 Å². The molecular weight excluding hydrogens is 136 g/mol. The molecule has 1 nitrogen and oxygen atoms in total. The van der Waals surface area contributed by atoms with Crippen molar-refractivity contribution in [3.63, 3.8) is 0 Å². The van der Waals surface area contributed by atoms with Gasteiger partial charge in [0, 0.05) is 0 Å². The van der Waals surface area contributed by atoms with E-state index in [4.69, 9.17) is 5.11 Å². The first-order chi connectivity index (χ1) is 4.79. The molecule has 0 radical (unpaired) electrons. The summed E-state index contributed by atoms with van der Waals surface area (Å²) < 4.78 is 0. The van der Waals surface area contributed by atoms with Crippen LogP contribution in [0.5, 0.6) is 5.75 Å². The molecule has 0 unspecified atom stereocenters. The van der Waals surface area contributed by atoms with E-state index >= 15 is 0 Å². The molecule has 0 amide bonds. The van der Waals surface area contributed by atoms with Gasteiger partial charge in [-0.15, -0.1) is 0 Å². The maximum Gasteiger partial charge on any atom is 0.115 e. The van der Waals surface area contributed by atoms with E-state index in [0.717, 1.165) is 0 Å². The quantitative estimate of drug-likeness (QED) is 0.607. The summed E-state index contributed by atoms with van der Waals surface area (Å²) in [6, 6.07) is 7.09. The third kappa shape index (κ3) is 5.46. The van der Waals surface area contributed by atoms with Crippen LogP contribution in [-0.2, 0) is 0 Å². The number of hydrogen-bond donors (Lipinski definition) is 1. The highest BCUT2D eigenvalue weighted by Gasteiger charge is 1.82. The van der Waals surface area contributed by atoms with E-state index in [1.807, 2.05) is 32.9 Å². The zero-order valence-electron chi connectivity index (χ0n) is 6.76. The van der Waals surface area contributed by atoms with E-state index in [0.29, 0.717) is 5.75 Å².